The van der Waals surface area contributed by atoms with Gasteiger partial charge in [0.2, 0.25) is 0 Å². The van der Waals surface area contributed by atoms with Crippen LogP contribution in [0.5, 0.6) is 23.0 Å². The van der Waals surface area contributed by atoms with Crippen molar-refractivity contribution in [1.82, 2.24) is 0 Å². The minimum atomic E-state index is -4.83. The molecule has 0 atom stereocenters. The van der Waals surface area contributed by atoms with Gasteiger partial charge >= 0.3 is 0 Å². The Morgan fingerprint density at radius 2 is 0.440 bits per heavy atom. The molecule has 0 amide bonds. The van der Waals surface area contributed by atoms with Crippen molar-refractivity contribution in [2.45, 2.75) is 73.0 Å². The maximum absolute atomic E-state index is 12.5. The van der Waals surface area contributed by atoms with Crippen LogP contribution < -0.4 is 0 Å². The molecule has 1 aliphatic carbocycles. The number of aryl methyl sites for hydroxylation is 4. The zero-order valence-electron chi connectivity index (χ0n) is 44.4. The Balaban J connectivity index is 1.30. The van der Waals surface area contributed by atoms with Gasteiger partial charge in [0.05, 0.1) is 22.7 Å². The number of hydrogen-bond donors (Lipinski definition) is 8. The summed E-state index contributed by atoms with van der Waals surface area (Å²) in [5.74, 6) is -1.69. The lowest BCUT2D eigenvalue weighted by atomic mass is 9.90. The van der Waals surface area contributed by atoms with E-state index in [0.29, 0.717) is 22.3 Å². The summed E-state index contributed by atoms with van der Waals surface area (Å²) in [5.41, 5.74) is 0.887. The summed E-state index contributed by atoms with van der Waals surface area (Å²) in [6.07, 6.45) is -1.55. The average molecular weight is 1220 g/mol. The molecule has 0 aliphatic heterocycles. The first-order valence-corrected chi connectivity index (χ1v) is 30.5. The van der Waals surface area contributed by atoms with Gasteiger partial charge in [-0.25, -0.2) is 0 Å². The molecule has 0 aromatic heterocycles. The van der Waals surface area contributed by atoms with Gasteiger partial charge in [0.1, 0.15) is 65.3 Å². The maximum Gasteiger partial charge on any atom is 0.296 e. The lowest BCUT2D eigenvalue weighted by molar-refractivity contribution is 0.450. The van der Waals surface area contributed by atoms with Gasteiger partial charge < -0.3 is 20.4 Å². The molecule has 9 rings (SSSR count). The van der Waals surface area contributed by atoms with E-state index in [1.807, 2.05) is 0 Å². The van der Waals surface area contributed by atoms with Crippen molar-refractivity contribution < 1.29 is 72.3 Å². The van der Waals surface area contributed by atoms with Crippen LogP contribution in [0, 0.1) is 27.7 Å². The third-order valence-electron chi connectivity index (χ3n) is 13.2. The molecule has 0 radical (unpaired) electrons. The fraction of sp³-hybridized carbons (Fsp3) is 0.143. The Hall–Kier alpha value is -9.00. The number of phenolic OH excluding ortho intramolecular Hbond substituents is 4. The molecule has 0 unspecified atom stereocenters. The fourth-order valence-corrected chi connectivity index (χ4v) is 12.0. The molecule has 28 heteroatoms. The predicted molar refractivity (Wildman–Crippen MR) is 304 cm³/mol. The molecule has 8 bridgehead atoms. The van der Waals surface area contributed by atoms with E-state index in [4.69, 9.17) is 0 Å². The third-order valence-corrected chi connectivity index (χ3v) is 16.7. The van der Waals surface area contributed by atoms with Crippen LogP contribution in [0.3, 0.4) is 0 Å². The first kappa shape index (κ1) is 59.6. The smallest absolute Gasteiger partial charge is 0.296 e. The minimum absolute atomic E-state index is 0.0237. The Kier molecular flexibility index (Phi) is 16.3. The van der Waals surface area contributed by atoms with Gasteiger partial charge in [-0.05, 0) is 147 Å². The standard InChI is InChI=1S/C56H48N8O16S4/c1-29-5-9-45(49(13-29)81(69,70)71)61-57-41-21-33-17-35-23-42(58-62-46-10-6-30(2)14-50(46)82(72,73)74)25-37(54(35)66)19-39-27-44(60-64-48-12-8-32(4)16-52(48)84(78,79)80)28-40(56(39)68)20-38-26-43(24-36(55(38)67)18-34(22-41)53(33)65)59-63-47-11-7-31(3)15-51(47)83(75,76)77/h5-16,21-28,65-68H,17-20H2,1-4H3,(H,69,70,71)(H,72,73,74)(H,75,76,77)(H,78,79,80). The lowest BCUT2D eigenvalue weighted by Gasteiger charge is -2.18. The van der Waals surface area contributed by atoms with E-state index in [9.17, 15) is 72.3 Å². The molecule has 1 aliphatic rings. The van der Waals surface area contributed by atoms with Crippen LogP contribution in [0.2, 0.25) is 0 Å². The van der Waals surface area contributed by atoms with Gasteiger partial charge in [-0.2, -0.15) is 54.1 Å². The molecular weight excluding hydrogens is 1170 g/mol. The molecule has 8 N–H and O–H groups in total. The quantitative estimate of drug-likeness (QED) is 0.0416. The molecule has 84 heavy (non-hydrogen) atoms. The summed E-state index contributed by atoms with van der Waals surface area (Å²) in [7, 11) is -19.3. The van der Waals surface area contributed by atoms with Gasteiger partial charge in [0.15, 0.2) is 0 Å². The number of benzene rings is 8. The summed E-state index contributed by atoms with van der Waals surface area (Å²) in [5, 5.41) is 82.9. The van der Waals surface area contributed by atoms with Crippen LogP contribution in [-0.2, 0) is 66.2 Å². The van der Waals surface area contributed by atoms with Gasteiger partial charge in [-0.1, -0.05) is 24.3 Å². The van der Waals surface area contributed by atoms with Crippen molar-refractivity contribution >= 4 is 86.0 Å². The van der Waals surface area contributed by atoms with Gasteiger partial charge in [-0.15, -0.1) is 20.5 Å². The van der Waals surface area contributed by atoms with E-state index in [1.54, 1.807) is 27.7 Å². The van der Waals surface area contributed by atoms with E-state index in [-0.39, 0.29) is 116 Å². The molecule has 24 nitrogen and oxygen atoms in total. The van der Waals surface area contributed by atoms with Crippen molar-refractivity contribution in [1.29, 1.82) is 0 Å². The molecule has 0 saturated heterocycles. The topological polar surface area (TPSA) is 397 Å². The molecule has 8 aromatic carbocycles. The summed E-state index contributed by atoms with van der Waals surface area (Å²) in [4.78, 5) is -2.26. The van der Waals surface area contributed by atoms with E-state index < -0.39 is 83.1 Å². The molecule has 432 valence electrons. The Labute approximate surface area is 480 Å². The SMILES string of the molecule is Cc1ccc(N=Nc2cc3c(O)c(c2)Cc2cc(N=Nc4ccc(C)cc4S(=O)(=O)O)cc(c2O)Cc2cc(N=Nc4ccc(C)cc4S(=O)(=O)O)cc(c2O)Cc2cc(N=Nc4ccc(C)cc4S(=O)(=O)O)cc(c2O)C3)c(S(=O)(=O)O)c1. The number of hydrogen-bond acceptors (Lipinski definition) is 20. The molecule has 0 fully saturated rings. The second kappa shape index (κ2) is 23.0. The Morgan fingerprint density at radius 3 is 0.595 bits per heavy atom. The van der Waals surface area contributed by atoms with Gasteiger partial charge in [0.25, 0.3) is 40.5 Å². The average Bonchev–Trinajstić information content (AvgIpc) is 3.62. The molecule has 0 heterocycles. The number of aromatic hydroxyl groups is 4. The number of nitrogens with zero attached hydrogens (tertiary/aromatic N) is 8. The Bertz CT molecular complexity index is 3990. The van der Waals surface area contributed by atoms with Crippen LogP contribution in [0.4, 0.5) is 45.5 Å². The second-order valence-corrected chi connectivity index (χ2v) is 25.3. The monoisotopic (exact) mass is 1220 g/mol. The summed E-state index contributed by atoms with van der Waals surface area (Å²) in [6.45, 7) is 6.36. The predicted octanol–water partition coefficient (Wildman–Crippen LogP) is 13.1. The minimum Gasteiger partial charge on any atom is -0.507 e. The highest BCUT2D eigenvalue weighted by Crippen LogP contribution is 2.44. The molecule has 0 spiro atoms. The van der Waals surface area contributed by atoms with Crippen LogP contribution in [0.25, 0.3) is 0 Å². The highest BCUT2D eigenvalue weighted by Gasteiger charge is 2.25. The lowest BCUT2D eigenvalue weighted by Crippen LogP contribution is -2.01. The summed E-state index contributed by atoms with van der Waals surface area (Å²) >= 11 is 0. The third kappa shape index (κ3) is 13.6. The summed E-state index contributed by atoms with van der Waals surface area (Å²) in [6, 6.07) is 26.9. The number of fused-ring (bicyclic) bond motifs is 8. The molecule has 0 saturated carbocycles. The number of rotatable bonds is 12. The van der Waals surface area contributed by atoms with E-state index >= 15 is 0 Å². The van der Waals surface area contributed by atoms with Crippen LogP contribution in [0.1, 0.15) is 66.8 Å². The molecular formula is C56H48N8O16S4. The first-order valence-electron chi connectivity index (χ1n) is 24.8. The van der Waals surface area contributed by atoms with Gasteiger partial charge in [-0.3, -0.25) is 18.2 Å². The van der Waals surface area contributed by atoms with Crippen molar-refractivity contribution in [2.75, 3.05) is 0 Å². The Morgan fingerprint density at radius 1 is 0.274 bits per heavy atom. The molecule has 8 aromatic rings. The normalized spacial score (nSPS) is 13.4. The van der Waals surface area contributed by atoms with E-state index in [2.05, 4.69) is 40.9 Å². The van der Waals surface area contributed by atoms with E-state index in [1.165, 1.54) is 121 Å². The summed E-state index contributed by atoms with van der Waals surface area (Å²) < 4.78 is 140. The zero-order chi connectivity index (χ0) is 60.8. The zero-order valence-corrected chi connectivity index (χ0v) is 47.7. The van der Waals surface area contributed by atoms with Gasteiger partial charge in [0, 0.05) is 70.2 Å². The van der Waals surface area contributed by atoms with Crippen molar-refractivity contribution in [3.8, 4) is 23.0 Å². The van der Waals surface area contributed by atoms with E-state index in [0.717, 1.165) is 0 Å². The fourth-order valence-electron chi connectivity index (χ4n) is 9.18. The van der Waals surface area contributed by atoms with Crippen molar-refractivity contribution in [3.63, 3.8) is 0 Å². The number of phenols is 4. The highest BCUT2D eigenvalue weighted by atomic mass is 32.2. The van der Waals surface area contributed by atoms with Crippen molar-refractivity contribution in [2.24, 2.45) is 40.9 Å². The number of azo groups is 4. The first-order chi connectivity index (χ1) is 39.4. The highest BCUT2D eigenvalue weighted by molar-refractivity contribution is 7.86. The second-order valence-electron chi connectivity index (χ2n) is 19.7. The van der Waals surface area contributed by atoms with Crippen LogP contribution in [0.15, 0.2) is 182 Å². The van der Waals surface area contributed by atoms with Crippen LogP contribution >= 0.6 is 0 Å². The maximum atomic E-state index is 12.5. The van der Waals surface area contributed by atoms with Crippen molar-refractivity contribution in [3.05, 3.63) is 188 Å². The van der Waals surface area contributed by atoms with Crippen LogP contribution in [-0.4, -0.2) is 72.3 Å². The largest absolute Gasteiger partial charge is 0.507 e.